The third-order valence-electron chi connectivity index (χ3n) is 1.89. The molecule has 5 heteroatoms. The van der Waals surface area contributed by atoms with E-state index in [0.29, 0.717) is 11.3 Å². The van der Waals surface area contributed by atoms with Gasteiger partial charge in [0.15, 0.2) is 18.1 Å². The van der Waals surface area contributed by atoms with Crippen molar-refractivity contribution in [3.05, 3.63) is 29.8 Å². The Bertz CT molecular complexity index is 474. The zero-order valence-electron chi connectivity index (χ0n) is 9.21. The molecule has 0 unspecified atom stereocenters. The van der Waals surface area contributed by atoms with Crippen molar-refractivity contribution >= 4 is 12.0 Å². The summed E-state index contributed by atoms with van der Waals surface area (Å²) in [5, 5.41) is 17.6. The average molecular weight is 233 g/mol. The Hall–Kier alpha value is -2.48. The number of hydrogen-bond donors (Lipinski definition) is 1. The van der Waals surface area contributed by atoms with Crippen LogP contribution in [0.1, 0.15) is 5.56 Å². The number of phenolic OH excluding ortho intramolecular Hbond substituents is 1. The molecule has 0 aromatic heterocycles. The molecule has 0 atom stereocenters. The number of carbonyl (C=O) groups is 1. The second-order valence-corrected chi connectivity index (χ2v) is 3.03. The number of nitriles is 1. The topological polar surface area (TPSA) is 79.5 Å². The van der Waals surface area contributed by atoms with Gasteiger partial charge in [-0.3, -0.25) is 0 Å². The summed E-state index contributed by atoms with van der Waals surface area (Å²) in [5.41, 5.74) is 0.675. The lowest BCUT2D eigenvalue weighted by Gasteiger charge is -2.03. The van der Waals surface area contributed by atoms with Crippen LogP contribution in [-0.2, 0) is 9.53 Å². The van der Waals surface area contributed by atoms with Crippen LogP contribution in [-0.4, -0.2) is 24.8 Å². The fourth-order valence-corrected chi connectivity index (χ4v) is 1.11. The van der Waals surface area contributed by atoms with Crippen molar-refractivity contribution in [1.29, 1.82) is 5.26 Å². The van der Waals surface area contributed by atoms with E-state index in [-0.39, 0.29) is 12.4 Å². The van der Waals surface area contributed by atoms with Crippen molar-refractivity contribution in [2.24, 2.45) is 0 Å². The Morgan fingerprint density at radius 3 is 3.00 bits per heavy atom. The first-order chi connectivity index (χ1) is 8.17. The van der Waals surface area contributed by atoms with Crippen molar-refractivity contribution in [3.63, 3.8) is 0 Å². The molecule has 0 heterocycles. The highest BCUT2D eigenvalue weighted by molar-refractivity contribution is 5.87. The first-order valence-corrected chi connectivity index (χ1v) is 4.76. The van der Waals surface area contributed by atoms with Crippen LogP contribution in [0.25, 0.3) is 6.08 Å². The van der Waals surface area contributed by atoms with Gasteiger partial charge in [0, 0.05) is 6.08 Å². The van der Waals surface area contributed by atoms with E-state index >= 15 is 0 Å². The number of rotatable bonds is 4. The van der Waals surface area contributed by atoms with E-state index < -0.39 is 5.97 Å². The summed E-state index contributed by atoms with van der Waals surface area (Å²) in [5.74, 6) is -0.257. The lowest BCUT2D eigenvalue weighted by Crippen LogP contribution is -1.99. The Morgan fingerprint density at radius 2 is 2.35 bits per heavy atom. The summed E-state index contributed by atoms with van der Waals surface area (Å²) in [6.45, 7) is -0.276. The molecule has 0 aliphatic carbocycles. The van der Waals surface area contributed by atoms with Crippen LogP contribution in [0.3, 0.4) is 0 Å². The maximum absolute atomic E-state index is 11.1. The van der Waals surface area contributed by atoms with Crippen molar-refractivity contribution in [2.45, 2.75) is 0 Å². The molecule has 5 nitrogen and oxygen atoms in total. The van der Waals surface area contributed by atoms with Crippen LogP contribution in [0, 0.1) is 11.3 Å². The van der Waals surface area contributed by atoms with E-state index in [1.807, 2.05) is 0 Å². The predicted octanol–water partition coefficient (Wildman–Crippen LogP) is 1.48. The smallest absolute Gasteiger partial charge is 0.331 e. The molecular formula is C12H11NO4. The predicted molar refractivity (Wildman–Crippen MR) is 60.3 cm³/mol. The molecule has 0 amide bonds. The van der Waals surface area contributed by atoms with Gasteiger partial charge in [0.2, 0.25) is 0 Å². The second-order valence-electron chi connectivity index (χ2n) is 3.03. The van der Waals surface area contributed by atoms with Gasteiger partial charge in [-0.1, -0.05) is 6.07 Å². The van der Waals surface area contributed by atoms with E-state index in [0.717, 1.165) is 0 Å². The lowest BCUT2D eigenvalue weighted by molar-refractivity contribution is -0.136. The molecule has 0 saturated heterocycles. The summed E-state index contributed by atoms with van der Waals surface area (Å²) in [4.78, 5) is 11.1. The molecule has 0 radical (unpaired) electrons. The number of esters is 1. The van der Waals surface area contributed by atoms with E-state index in [1.54, 1.807) is 18.2 Å². The molecule has 1 rings (SSSR count). The van der Waals surface area contributed by atoms with E-state index in [9.17, 15) is 9.90 Å². The molecule has 88 valence electrons. The van der Waals surface area contributed by atoms with Gasteiger partial charge in [-0.05, 0) is 23.8 Å². The molecular weight excluding hydrogens is 222 g/mol. The number of ether oxygens (including phenoxy) is 2. The zero-order valence-corrected chi connectivity index (χ0v) is 9.21. The van der Waals surface area contributed by atoms with Crippen LogP contribution >= 0.6 is 0 Å². The Balaban J connectivity index is 2.72. The highest BCUT2D eigenvalue weighted by Crippen LogP contribution is 2.26. The molecule has 0 aliphatic heterocycles. The first-order valence-electron chi connectivity index (χ1n) is 4.76. The van der Waals surface area contributed by atoms with Crippen LogP contribution < -0.4 is 4.74 Å². The summed E-state index contributed by atoms with van der Waals surface area (Å²) in [6, 6.07) is 6.34. The summed E-state index contributed by atoms with van der Waals surface area (Å²) in [6.07, 6.45) is 2.70. The standard InChI is InChI=1S/C12H11NO4/c1-16-11-8-9(2-4-10(11)14)3-5-12(15)17-7-6-13/h2-5,8,14H,7H2,1H3/b5-3+. The molecule has 1 aromatic rings. The maximum Gasteiger partial charge on any atom is 0.331 e. The Kier molecular flexibility index (Phi) is 4.58. The first kappa shape index (κ1) is 12.6. The number of aromatic hydroxyl groups is 1. The largest absolute Gasteiger partial charge is 0.504 e. The SMILES string of the molecule is COc1cc(/C=C/C(=O)OCC#N)ccc1O. The highest BCUT2D eigenvalue weighted by Gasteiger charge is 2.01. The third kappa shape index (κ3) is 3.87. The number of benzene rings is 1. The number of methoxy groups -OCH3 is 1. The second kappa shape index (κ2) is 6.18. The molecule has 0 saturated carbocycles. The minimum atomic E-state index is -0.599. The van der Waals surface area contributed by atoms with Gasteiger partial charge in [0.05, 0.1) is 7.11 Å². The van der Waals surface area contributed by atoms with Gasteiger partial charge in [0.25, 0.3) is 0 Å². The van der Waals surface area contributed by atoms with E-state index in [2.05, 4.69) is 4.74 Å². The number of nitrogens with zero attached hydrogens (tertiary/aromatic N) is 1. The summed E-state index contributed by atoms with van der Waals surface area (Å²) < 4.78 is 9.44. The van der Waals surface area contributed by atoms with Gasteiger partial charge in [-0.2, -0.15) is 5.26 Å². The van der Waals surface area contributed by atoms with Crippen molar-refractivity contribution in [3.8, 4) is 17.6 Å². The van der Waals surface area contributed by atoms with Crippen LogP contribution in [0.15, 0.2) is 24.3 Å². The molecule has 17 heavy (non-hydrogen) atoms. The third-order valence-corrected chi connectivity index (χ3v) is 1.89. The minimum absolute atomic E-state index is 0.0247. The molecule has 0 fully saturated rings. The highest BCUT2D eigenvalue weighted by atomic mass is 16.5. The number of hydrogen-bond acceptors (Lipinski definition) is 5. The van der Waals surface area contributed by atoms with Crippen molar-refractivity contribution < 1.29 is 19.4 Å². The molecule has 0 aliphatic rings. The monoisotopic (exact) mass is 233 g/mol. The van der Waals surface area contributed by atoms with Gasteiger partial charge in [-0.25, -0.2) is 4.79 Å². The average Bonchev–Trinajstić information content (AvgIpc) is 2.35. The van der Waals surface area contributed by atoms with E-state index in [1.165, 1.54) is 25.3 Å². The maximum atomic E-state index is 11.1. The fraction of sp³-hybridized carbons (Fsp3) is 0.167. The van der Waals surface area contributed by atoms with Crippen LogP contribution in [0.4, 0.5) is 0 Å². The van der Waals surface area contributed by atoms with Crippen LogP contribution in [0.2, 0.25) is 0 Å². The fourth-order valence-electron chi connectivity index (χ4n) is 1.11. The molecule has 0 bridgehead atoms. The minimum Gasteiger partial charge on any atom is -0.504 e. The van der Waals surface area contributed by atoms with Gasteiger partial charge in [-0.15, -0.1) is 0 Å². The number of carbonyl (C=O) groups excluding carboxylic acids is 1. The van der Waals surface area contributed by atoms with Crippen molar-refractivity contribution in [2.75, 3.05) is 13.7 Å². The van der Waals surface area contributed by atoms with E-state index in [4.69, 9.17) is 10.00 Å². The Labute approximate surface area is 98.5 Å². The lowest BCUT2D eigenvalue weighted by atomic mass is 10.2. The molecule has 0 spiro atoms. The quantitative estimate of drug-likeness (QED) is 0.629. The van der Waals surface area contributed by atoms with Gasteiger partial charge < -0.3 is 14.6 Å². The van der Waals surface area contributed by atoms with Gasteiger partial charge >= 0.3 is 5.97 Å². The summed E-state index contributed by atoms with van der Waals surface area (Å²) in [7, 11) is 1.43. The van der Waals surface area contributed by atoms with Gasteiger partial charge in [0.1, 0.15) is 6.07 Å². The normalized spacial score (nSPS) is 9.88. The molecule has 1 N–H and O–H groups in total. The Morgan fingerprint density at radius 1 is 1.59 bits per heavy atom. The molecule has 1 aromatic carbocycles. The number of phenols is 1. The summed E-state index contributed by atoms with van der Waals surface area (Å²) >= 11 is 0. The van der Waals surface area contributed by atoms with Crippen molar-refractivity contribution in [1.82, 2.24) is 0 Å². The zero-order chi connectivity index (χ0) is 12.7. The van der Waals surface area contributed by atoms with Crippen LogP contribution in [0.5, 0.6) is 11.5 Å².